The Morgan fingerprint density at radius 2 is 2.15 bits per heavy atom. The molecule has 1 aromatic rings. The molecule has 0 amide bonds. The zero-order chi connectivity index (χ0) is 9.84. The van der Waals surface area contributed by atoms with Crippen LogP contribution in [-0.4, -0.2) is 33.5 Å². The summed E-state index contributed by atoms with van der Waals surface area (Å²) in [5.74, 6) is 0. The van der Waals surface area contributed by atoms with Crippen LogP contribution in [0, 0.1) is 0 Å². The van der Waals surface area contributed by atoms with Gasteiger partial charge in [-0.2, -0.15) is 0 Å². The molecule has 6 heteroatoms. The molecule has 0 fully saturated rings. The lowest BCUT2D eigenvalue weighted by atomic mass is 9.80. The summed E-state index contributed by atoms with van der Waals surface area (Å²) < 4.78 is 0. The number of hydrogen-bond acceptors (Lipinski definition) is 5. The molecule has 0 aromatic carbocycles. The van der Waals surface area contributed by atoms with Crippen LogP contribution >= 0.6 is 0 Å². The fourth-order valence-corrected chi connectivity index (χ4v) is 0.926. The van der Waals surface area contributed by atoms with Crippen LogP contribution in [0.3, 0.4) is 0 Å². The van der Waals surface area contributed by atoms with E-state index in [2.05, 4.69) is 4.98 Å². The fourth-order valence-electron chi connectivity index (χ4n) is 0.926. The van der Waals surface area contributed by atoms with Gasteiger partial charge in [-0.3, -0.25) is 4.79 Å². The lowest BCUT2D eigenvalue weighted by Gasteiger charge is -2.02. The SMILES string of the molecule is O=Cc1cc(B(O)O)cc(CO)n1. The summed E-state index contributed by atoms with van der Waals surface area (Å²) in [7, 11) is -1.66. The molecule has 1 aromatic heterocycles. The smallest absolute Gasteiger partial charge is 0.423 e. The van der Waals surface area contributed by atoms with Crippen LogP contribution in [0.1, 0.15) is 16.2 Å². The molecule has 1 heterocycles. The van der Waals surface area contributed by atoms with Crippen molar-refractivity contribution in [3.8, 4) is 0 Å². The second kappa shape index (κ2) is 4.13. The molecule has 0 spiro atoms. The first kappa shape index (κ1) is 9.85. The number of hydrogen-bond donors (Lipinski definition) is 3. The van der Waals surface area contributed by atoms with Crippen LogP contribution in [-0.2, 0) is 6.61 Å². The Balaban J connectivity index is 3.14. The number of aldehydes is 1. The normalized spacial score (nSPS) is 9.77. The van der Waals surface area contributed by atoms with Gasteiger partial charge < -0.3 is 15.2 Å². The first-order valence-corrected chi connectivity index (χ1v) is 3.60. The highest BCUT2D eigenvalue weighted by Crippen LogP contribution is 1.95. The topological polar surface area (TPSA) is 90.7 Å². The lowest BCUT2D eigenvalue weighted by molar-refractivity contribution is 0.111. The maximum absolute atomic E-state index is 10.3. The molecule has 13 heavy (non-hydrogen) atoms. The molecule has 0 atom stereocenters. The standard InChI is InChI=1S/C7H8BNO4/c10-3-6-1-5(8(12)13)2-7(4-11)9-6/h1-3,11-13H,4H2. The molecular weight excluding hydrogens is 173 g/mol. The predicted molar refractivity (Wildman–Crippen MR) is 45.4 cm³/mol. The van der Waals surface area contributed by atoms with E-state index in [9.17, 15) is 4.79 Å². The summed E-state index contributed by atoms with van der Waals surface area (Å²) in [6, 6.07) is 2.56. The third-order valence-corrected chi connectivity index (χ3v) is 1.50. The molecule has 68 valence electrons. The van der Waals surface area contributed by atoms with Crippen LogP contribution in [0.2, 0.25) is 0 Å². The zero-order valence-corrected chi connectivity index (χ0v) is 6.71. The number of nitrogens with zero attached hydrogens (tertiary/aromatic N) is 1. The van der Waals surface area contributed by atoms with E-state index in [0.29, 0.717) is 6.29 Å². The van der Waals surface area contributed by atoms with Crippen molar-refractivity contribution in [1.82, 2.24) is 4.98 Å². The summed E-state index contributed by atoms with van der Waals surface area (Å²) in [4.78, 5) is 14.1. The second-order valence-electron chi connectivity index (χ2n) is 2.47. The minimum absolute atomic E-state index is 0.0645. The average Bonchev–Trinajstić information content (AvgIpc) is 2.16. The van der Waals surface area contributed by atoms with E-state index in [0.717, 1.165) is 0 Å². The van der Waals surface area contributed by atoms with Gasteiger partial charge in [0.1, 0.15) is 5.69 Å². The Kier molecular flexibility index (Phi) is 3.13. The van der Waals surface area contributed by atoms with Crippen molar-refractivity contribution >= 4 is 18.9 Å². The highest BCUT2D eigenvalue weighted by molar-refractivity contribution is 6.58. The number of carbonyl (C=O) groups excluding carboxylic acids is 1. The fraction of sp³-hybridized carbons (Fsp3) is 0.143. The van der Waals surface area contributed by atoms with Crippen molar-refractivity contribution in [3.05, 3.63) is 23.5 Å². The van der Waals surface area contributed by atoms with Crippen molar-refractivity contribution in [1.29, 1.82) is 0 Å². The van der Waals surface area contributed by atoms with E-state index in [4.69, 9.17) is 15.2 Å². The Bertz CT molecular complexity index is 315. The van der Waals surface area contributed by atoms with Crippen LogP contribution < -0.4 is 5.46 Å². The number of aliphatic hydroxyl groups is 1. The van der Waals surface area contributed by atoms with E-state index in [1.807, 2.05) is 0 Å². The molecule has 0 radical (unpaired) electrons. The minimum Gasteiger partial charge on any atom is -0.423 e. The van der Waals surface area contributed by atoms with Crippen molar-refractivity contribution in [2.75, 3.05) is 0 Å². The largest absolute Gasteiger partial charge is 0.488 e. The highest BCUT2D eigenvalue weighted by Gasteiger charge is 2.13. The van der Waals surface area contributed by atoms with Gasteiger partial charge in [0.15, 0.2) is 6.29 Å². The number of pyridine rings is 1. The maximum Gasteiger partial charge on any atom is 0.488 e. The van der Waals surface area contributed by atoms with Crippen LogP contribution in [0.25, 0.3) is 0 Å². The zero-order valence-electron chi connectivity index (χ0n) is 6.71. The van der Waals surface area contributed by atoms with Crippen molar-refractivity contribution in [2.24, 2.45) is 0 Å². The molecule has 0 aliphatic heterocycles. The summed E-state index contributed by atoms with van der Waals surface area (Å²) in [5, 5.41) is 26.3. The molecule has 0 saturated carbocycles. The number of aliphatic hydroxyl groups excluding tert-OH is 1. The summed E-state index contributed by atoms with van der Waals surface area (Å²) >= 11 is 0. The molecule has 0 aliphatic carbocycles. The Morgan fingerprint density at radius 3 is 2.62 bits per heavy atom. The van der Waals surface area contributed by atoms with Gasteiger partial charge in [-0.1, -0.05) is 0 Å². The van der Waals surface area contributed by atoms with Crippen LogP contribution in [0.15, 0.2) is 12.1 Å². The van der Waals surface area contributed by atoms with Crippen molar-refractivity contribution in [2.45, 2.75) is 6.61 Å². The molecule has 0 unspecified atom stereocenters. The predicted octanol–water partition coefficient (Wildman–Crippen LogP) is -1.93. The number of aromatic nitrogens is 1. The van der Waals surface area contributed by atoms with E-state index in [-0.39, 0.29) is 23.5 Å². The monoisotopic (exact) mass is 181 g/mol. The number of carbonyl (C=O) groups is 1. The van der Waals surface area contributed by atoms with E-state index in [1.165, 1.54) is 12.1 Å². The molecule has 0 aliphatic rings. The third-order valence-electron chi connectivity index (χ3n) is 1.50. The van der Waals surface area contributed by atoms with Gasteiger partial charge in [0.05, 0.1) is 12.3 Å². The van der Waals surface area contributed by atoms with Gasteiger partial charge in [-0.15, -0.1) is 0 Å². The highest BCUT2D eigenvalue weighted by atomic mass is 16.4. The minimum atomic E-state index is -1.66. The Hall–Kier alpha value is -1.24. The van der Waals surface area contributed by atoms with Gasteiger partial charge in [0.2, 0.25) is 0 Å². The summed E-state index contributed by atoms with van der Waals surface area (Å²) in [6.07, 6.45) is 0.477. The molecule has 1 rings (SSSR count). The van der Waals surface area contributed by atoms with Gasteiger partial charge in [-0.05, 0) is 17.6 Å². The first-order chi connectivity index (χ1) is 6.17. The van der Waals surface area contributed by atoms with E-state index < -0.39 is 7.12 Å². The molecule has 3 N–H and O–H groups in total. The van der Waals surface area contributed by atoms with Gasteiger partial charge in [-0.25, -0.2) is 4.98 Å². The van der Waals surface area contributed by atoms with Crippen molar-refractivity contribution in [3.63, 3.8) is 0 Å². The summed E-state index contributed by atoms with van der Waals surface area (Å²) in [5.41, 5.74) is 0.434. The quantitative estimate of drug-likeness (QED) is 0.373. The van der Waals surface area contributed by atoms with Gasteiger partial charge in [0, 0.05) is 0 Å². The van der Waals surface area contributed by atoms with Gasteiger partial charge >= 0.3 is 7.12 Å². The average molecular weight is 181 g/mol. The molecular formula is C7H8BNO4. The lowest BCUT2D eigenvalue weighted by Crippen LogP contribution is -2.31. The van der Waals surface area contributed by atoms with Crippen LogP contribution in [0.4, 0.5) is 0 Å². The van der Waals surface area contributed by atoms with E-state index >= 15 is 0 Å². The molecule has 5 nitrogen and oxygen atoms in total. The van der Waals surface area contributed by atoms with Gasteiger partial charge in [0.25, 0.3) is 0 Å². The first-order valence-electron chi connectivity index (χ1n) is 3.60. The summed E-state index contributed by atoms with van der Waals surface area (Å²) in [6.45, 7) is -0.346. The number of rotatable bonds is 3. The molecule has 0 bridgehead atoms. The third kappa shape index (κ3) is 2.35. The Morgan fingerprint density at radius 1 is 1.46 bits per heavy atom. The van der Waals surface area contributed by atoms with Crippen molar-refractivity contribution < 1.29 is 19.9 Å². The Labute approximate surface area is 74.8 Å². The second-order valence-corrected chi connectivity index (χ2v) is 2.47. The maximum atomic E-state index is 10.3. The van der Waals surface area contributed by atoms with E-state index in [1.54, 1.807) is 0 Å². The molecule has 0 saturated heterocycles. The van der Waals surface area contributed by atoms with Crippen LogP contribution in [0.5, 0.6) is 0 Å².